The normalized spacial score (nSPS) is 21.3. The Morgan fingerprint density at radius 2 is 1.87 bits per heavy atom. The number of amides is 2. The van der Waals surface area contributed by atoms with E-state index in [0.29, 0.717) is 32.2 Å². The van der Waals surface area contributed by atoms with Gasteiger partial charge in [0.15, 0.2) is 5.96 Å². The first-order valence-corrected chi connectivity index (χ1v) is 10.4. The molecule has 3 N–H and O–H groups in total. The molecular weight excluding hydrogens is 390 g/mol. The van der Waals surface area contributed by atoms with Crippen molar-refractivity contribution in [3.8, 4) is 0 Å². The Labute approximate surface area is 180 Å². The van der Waals surface area contributed by atoms with E-state index in [1.54, 1.807) is 12.0 Å². The van der Waals surface area contributed by atoms with Gasteiger partial charge < -0.3 is 30.2 Å². The van der Waals surface area contributed by atoms with E-state index >= 15 is 0 Å². The molecule has 2 atom stereocenters. The molecule has 0 aromatic carbocycles. The number of methoxy groups -OCH3 is 1. The first-order chi connectivity index (χ1) is 13.9. The molecule has 10 nitrogen and oxygen atoms in total. The third kappa shape index (κ3) is 8.35. The molecule has 0 aromatic rings. The summed E-state index contributed by atoms with van der Waals surface area (Å²) < 4.78 is 16.5. The molecule has 1 saturated heterocycles. The van der Waals surface area contributed by atoms with Gasteiger partial charge in [-0.2, -0.15) is 0 Å². The lowest BCUT2D eigenvalue weighted by molar-refractivity contribution is -0.119. The summed E-state index contributed by atoms with van der Waals surface area (Å²) in [5.74, 6) is 0.291. The fourth-order valence-electron chi connectivity index (χ4n) is 3.17. The van der Waals surface area contributed by atoms with E-state index in [4.69, 9.17) is 14.2 Å². The molecule has 1 aliphatic rings. The van der Waals surface area contributed by atoms with Gasteiger partial charge in [0.1, 0.15) is 17.9 Å². The highest BCUT2D eigenvalue weighted by Gasteiger charge is 2.49. The smallest absolute Gasteiger partial charge is 0.412 e. The van der Waals surface area contributed by atoms with Crippen molar-refractivity contribution in [3.05, 3.63) is 0 Å². The summed E-state index contributed by atoms with van der Waals surface area (Å²) in [5, 5.41) is 9.04. The molecule has 10 heteroatoms. The molecule has 1 rings (SSSR count). The molecule has 1 fully saturated rings. The molecule has 1 aliphatic heterocycles. The number of rotatable bonds is 8. The van der Waals surface area contributed by atoms with Gasteiger partial charge in [0.25, 0.3) is 0 Å². The molecule has 0 saturated carbocycles. The van der Waals surface area contributed by atoms with Crippen molar-refractivity contribution in [1.82, 2.24) is 20.9 Å². The summed E-state index contributed by atoms with van der Waals surface area (Å²) in [6.45, 7) is 14.9. The summed E-state index contributed by atoms with van der Waals surface area (Å²) in [5.41, 5.74) is -1.41. The van der Waals surface area contributed by atoms with Crippen LogP contribution in [0.4, 0.5) is 4.79 Å². The van der Waals surface area contributed by atoms with Crippen molar-refractivity contribution in [2.45, 2.75) is 71.9 Å². The number of nitrogens with one attached hydrogen (secondary N) is 3. The number of hydrogen-bond donors (Lipinski definition) is 3. The minimum absolute atomic E-state index is 0.0168. The standard InChI is InChI=1S/C20H39N5O5/c1-9-21-17(24-13-16(26)22-10-11-28-8)23-12-15-14(2)29-20(6,7)25(15)18(27)30-19(3,4)5/h14-15H,9-13H2,1-8H3,(H,22,26)(H2,21,23,24). The Bertz CT molecular complexity index is 603. The molecule has 2 unspecified atom stereocenters. The van der Waals surface area contributed by atoms with Gasteiger partial charge in [0, 0.05) is 26.7 Å². The number of carbonyl (C=O) groups is 2. The van der Waals surface area contributed by atoms with E-state index in [-0.39, 0.29) is 24.6 Å². The zero-order valence-corrected chi connectivity index (χ0v) is 19.6. The molecule has 0 aromatic heterocycles. The topological polar surface area (TPSA) is 114 Å². The predicted octanol–water partition coefficient (Wildman–Crippen LogP) is 1.06. The van der Waals surface area contributed by atoms with Crippen LogP contribution in [0.1, 0.15) is 48.5 Å². The van der Waals surface area contributed by atoms with Crippen molar-refractivity contribution in [2.75, 3.05) is 39.9 Å². The Kier molecular flexibility index (Phi) is 9.83. The Hall–Kier alpha value is -2.07. The summed E-state index contributed by atoms with van der Waals surface area (Å²) in [6, 6.07) is -0.269. The highest BCUT2D eigenvalue weighted by atomic mass is 16.6. The monoisotopic (exact) mass is 429 g/mol. The molecule has 1 heterocycles. The molecule has 0 radical (unpaired) electrons. The molecule has 0 aliphatic carbocycles. The molecule has 174 valence electrons. The average molecular weight is 430 g/mol. The first kappa shape index (κ1) is 26.0. The van der Waals surface area contributed by atoms with Crippen LogP contribution in [-0.2, 0) is 19.0 Å². The molecule has 2 amide bonds. The van der Waals surface area contributed by atoms with Crippen LogP contribution in [0.3, 0.4) is 0 Å². The number of aliphatic imine (C=N–C) groups is 1. The maximum atomic E-state index is 12.8. The minimum Gasteiger partial charge on any atom is -0.444 e. The number of ether oxygens (including phenoxy) is 3. The Morgan fingerprint density at radius 1 is 1.20 bits per heavy atom. The second-order valence-electron chi connectivity index (χ2n) is 8.61. The lowest BCUT2D eigenvalue weighted by Crippen LogP contribution is -2.54. The van der Waals surface area contributed by atoms with E-state index in [9.17, 15) is 9.59 Å². The molecule has 0 bridgehead atoms. The zero-order chi connectivity index (χ0) is 22.9. The van der Waals surface area contributed by atoms with Crippen LogP contribution in [0.15, 0.2) is 4.99 Å². The molecular formula is C20H39N5O5. The van der Waals surface area contributed by atoms with Crippen LogP contribution in [0.5, 0.6) is 0 Å². The Morgan fingerprint density at radius 3 is 2.43 bits per heavy atom. The fourth-order valence-corrected chi connectivity index (χ4v) is 3.17. The van der Waals surface area contributed by atoms with Gasteiger partial charge in [-0.3, -0.25) is 9.69 Å². The SMILES string of the molecule is CCNC(=NCC(=O)NCCOC)NCC1C(C)OC(C)(C)N1C(=O)OC(C)(C)C. The van der Waals surface area contributed by atoms with Gasteiger partial charge in [-0.25, -0.2) is 9.79 Å². The summed E-state index contributed by atoms with van der Waals surface area (Å²) in [4.78, 5) is 30.6. The van der Waals surface area contributed by atoms with E-state index < -0.39 is 17.4 Å². The number of hydrogen-bond acceptors (Lipinski definition) is 6. The van der Waals surface area contributed by atoms with E-state index in [1.807, 2.05) is 48.5 Å². The lowest BCUT2D eigenvalue weighted by atomic mass is 10.1. The van der Waals surface area contributed by atoms with Gasteiger partial charge >= 0.3 is 6.09 Å². The second kappa shape index (κ2) is 11.4. The fraction of sp³-hybridized carbons (Fsp3) is 0.850. The van der Waals surface area contributed by atoms with Gasteiger partial charge in [-0.1, -0.05) is 0 Å². The number of carbonyl (C=O) groups excluding carboxylic acids is 2. The largest absolute Gasteiger partial charge is 0.444 e. The molecule has 0 spiro atoms. The van der Waals surface area contributed by atoms with Crippen LogP contribution < -0.4 is 16.0 Å². The van der Waals surface area contributed by atoms with Gasteiger partial charge in [-0.05, 0) is 48.5 Å². The maximum Gasteiger partial charge on any atom is 0.412 e. The lowest BCUT2D eigenvalue weighted by Gasteiger charge is -2.35. The van der Waals surface area contributed by atoms with E-state index in [0.717, 1.165) is 0 Å². The van der Waals surface area contributed by atoms with Crippen LogP contribution in [-0.4, -0.2) is 86.2 Å². The minimum atomic E-state index is -0.801. The summed E-state index contributed by atoms with van der Waals surface area (Å²) in [7, 11) is 1.58. The first-order valence-electron chi connectivity index (χ1n) is 10.4. The van der Waals surface area contributed by atoms with Crippen molar-refractivity contribution in [2.24, 2.45) is 4.99 Å². The highest BCUT2D eigenvalue weighted by molar-refractivity contribution is 5.85. The third-order valence-electron chi connectivity index (χ3n) is 4.35. The van der Waals surface area contributed by atoms with Gasteiger partial charge in [0.2, 0.25) is 5.91 Å². The van der Waals surface area contributed by atoms with Crippen LogP contribution in [0.25, 0.3) is 0 Å². The van der Waals surface area contributed by atoms with E-state index in [2.05, 4.69) is 20.9 Å². The Balaban J connectivity index is 2.80. The van der Waals surface area contributed by atoms with Crippen LogP contribution >= 0.6 is 0 Å². The second-order valence-corrected chi connectivity index (χ2v) is 8.61. The van der Waals surface area contributed by atoms with Crippen molar-refractivity contribution < 1.29 is 23.8 Å². The molecule has 30 heavy (non-hydrogen) atoms. The van der Waals surface area contributed by atoms with Gasteiger partial charge in [-0.15, -0.1) is 0 Å². The average Bonchev–Trinajstić information content (AvgIpc) is 2.84. The van der Waals surface area contributed by atoms with Crippen molar-refractivity contribution >= 4 is 18.0 Å². The summed E-state index contributed by atoms with van der Waals surface area (Å²) >= 11 is 0. The van der Waals surface area contributed by atoms with Crippen LogP contribution in [0.2, 0.25) is 0 Å². The number of guanidine groups is 1. The van der Waals surface area contributed by atoms with Crippen LogP contribution in [0, 0.1) is 0 Å². The summed E-state index contributed by atoms with van der Waals surface area (Å²) in [6.07, 6.45) is -0.636. The predicted molar refractivity (Wildman–Crippen MR) is 115 cm³/mol. The van der Waals surface area contributed by atoms with Crippen molar-refractivity contribution in [1.29, 1.82) is 0 Å². The maximum absolute atomic E-state index is 12.8. The quantitative estimate of drug-likeness (QED) is 0.300. The van der Waals surface area contributed by atoms with Gasteiger partial charge in [0.05, 0.1) is 18.8 Å². The number of nitrogens with zero attached hydrogens (tertiary/aromatic N) is 2. The zero-order valence-electron chi connectivity index (χ0n) is 19.6. The third-order valence-corrected chi connectivity index (χ3v) is 4.35. The highest BCUT2D eigenvalue weighted by Crippen LogP contribution is 2.33. The van der Waals surface area contributed by atoms with Crippen molar-refractivity contribution in [3.63, 3.8) is 0 Å². The van der Waals surface area contributed by atoms with E-state index in [1.165, 1.54) is 0 Å².